The summed E-state index contributed by atoms with van der Waals surface area (Å²) in [5.74, 6) is -1.14. The number of aromatic amines is 2. The molecule has 0 saturated carbocycles. The van der Waals surface area contributed by atoms with Crippen molar-refractivity contribution in [3.63, 3.8) is 0 Å². The third kappa shape index (κ3) is 5.51. The number of amides is 1. The van der Waals surface area contributed by atoms with Crippen LogP contribution in [0, 0.1) is 5.82 Å². The van der Waals surface area contributed by atoms with Gasteiger partial charge in [0.05, 0.1) is 16.8 Å². The first kappa shape index (κ1) is 27.2. The molecule has 2 N–H and O–H groups in total. The van der Waals surface area contributed by atoms with Gasteiger partial charge in [0, 0.05) is 49.2 Å². The molecule has 0 aliphatic carbocycles. The van der Waals surface area contributed by atoms with Crippen LogP contribution < -0.4 is 4.90 Å². The number of hydrogen-bond donors (Lipinski definition) is 2. The molecule has 0 bridgehead atoms. The molecule has 1 aliphatic heterocycles. The van der Waals surface area contributed by atoms with Gasteiger partial charge in [-0.25, -0.2) is 14.2 Å². The molecule has 40 heavy (non-hydrogen) atoms. The molecule has 2 aromatic carbocycles. The second-order valence-corrected chi connectivity index (χ2v) is 10.5. The van der Waals surface area contributed by atoms with E-state index in [9.17, 15) is 22.8 Å². The van der Waals surface area contributed by atoms with Crippen LogP contribution in [0.15, 0.2) is 48.7 Å². The number of ether oxygens (including phenoxy) is 1. The number of rotatable bonds is 4. The van der Waals surface area contributed by atoms with Crippen LogP contribution in [0.1, 0.15) is 42.3 Å². The third-order valence-corrected chi connectivity index (χ3v) is 6.50. The smallest absolute Gasteiger partial charge is 0.417 e. The minimum absolute atomic E-state index is 0.0103. The highest BCUT2D eigenvalue weighted by Gasteiger charge is 2.35. The number of alkyl halides is 3. The maximum Gasteiger partial charge on any atom is 0.417 e. The molecule has 1 saturated heterocycles. The number of H-pyrrole nitrogens is 2. The molecular weight excluding hydrogens is 530 g/mol. The molecule has 5 rings (SSSR count). The topological polar surface area (TPSA) is 94.3 Å². The van der Waals surface area contributed by atoms with E-state index in [0.29, 0.717) is 43.1 Å². The SMILES string of the molecule is CC(C)(C)OC(=O)N1CCN(c2cc(F)c3nc(-c4cc(C(=O)c5ccccc5C(F)(F)F)c[nH]4)[nH]c3c2)CC1. The number of imidazole rings is 1. The lowest BCUT2D eigenvalue weighted by molar-refractivity contribution is -0.137. The van der Waals surface area contributed by atoms with Crippen molar-refractivity contribution in [3.8, 4) is 11.5 Å². The molecule has 210 valence electrons. The summed E-state index contributed by atoms with van der Waals surface area (Å²) in [6, 6.07) is 9.07. The Morgan fingerprint density at radius 3 is 2.38 bits per heavy atom. The van der Waals surface area contributed by atoms with Gasteiger partial charge in [0.1, 0.15) is 11.1 Å². The first-order valence-corrected chi connectivity index (χ1v) is 12.6. The van der Waals surface area contributed by atoms with Crippen LogP contribution in [0.2, 0.25) is 0 Å². The molecule has 1 amide bonds. The Bertz CT molecular complexity index is 1580. The van der Waals surface area contributed by atoms with Crippen LogP contribution in [0.25, 0.3) is 22.6 Å². The lowest BCUT2D eigenvalue weighted by Gasteiger charge is -2.36. The van der Waals surface area contributed by atoms with Crippen molar-refractivity contribution in [2.45, 2.75) is 32.5 Å². The van der Waals surface area contributed by atoms with Crippen LogP contribution in [0.3, 0.4) is 0 Å². The fourth-order valence-electron chi connectivity index (χ4n) is 4.59. The molecule has 1 aliphatic rings. The summed E-state index contributed by atoms with van der Waals surface area (Å²) in [6.07, 6.45) is -3.77. The van der Waals surface area contributed by atoms with Gasteiger partial charge in [0.2, 0.25) is 0 Å². The molecule has 3 heterocycles. The van der Waals surface area contributed by atoms with Gasteiger partial charge in [-0.05, 0) is 45.0 Å². The number of anilines is 1. The number of nitrogens with one attached hydrogen (secondary N) is 2. The van der Waals surface area contributed by atoms with E-state index in [1.165, 1.54) is 30.5 Å². The maximum atomic E-state index is 15.1. The van der Waals surface area contributed by atoms with Crippen LogP contribution in [0.5, 0.6) is 0 Å². The number of halogens is 4. The van der Waals surface area contributed by atoms with E-state index < -0.39 is 40.6 Å². The summed E-state index contributed by atoms with van der Waals surface area (Å²) in [6.45, 7) is 7.20. The first-order valence-electron chi connectivity index (χ1n) is 12.6. The van der Waals surface area contributed by atoms with Gasteiger partial charge in [-0.1, -0.05) is 18.2 Å². The van der Waals surface area contributed by atoms with Crippen LogP contribution in [0.4, 0.5) is 28.0 Å². The Balaban J connectivity index is 1.35. The van der Waals surface area contributed by atoms with Crippen molar-refractivity contribution in [1.29, 1.82) is 0 Å². The zero-order valence-corrected chi connectivity index (χ0v) is 22.0. The average molecular weight is 558 g/mol. The lowest BCUT2D eigenvalue weighted by atomic mass is 9.99. The number of piperazine rings is 1. The van der Waals surface area contributed by atoms with E-state index >= 15 is 4.39 Å². The summed E-state index contributed by atoms with van der Waals surface area (Å²) in [4.78, 5) is 39.0. The molecule has 8 nitrogen and oxygen atoms in total. The molecular formula is C28H27F4N5O3. The first-order chi connectivity index (χ1) is 18.8. The Hall–Kier alpha value is -4.35. The Kier molecular flexibility index (Phi) is 6.80. The van der Waals surface area contributed by atoms with E-state index in [2.05, 4.69) is 15.0 Å². The maximum absolute atomic E-state index is 15.1. The number of carbonyl (C=O) groups excluding carboxylic acids is 2. The largest absolute Gasteiger partial charge is 0.444 e. The number of hydrogen-bond acceptors (Lipinski definition) is 5. The molecule has 12 heteroatoms. The summed E-state index contributed by atoms with van der Waals surface area (Å²) < 4.78 is 60.7. The monoisotopic (exact) mass is 557 g/mol. The van der Waals surface area contributed by atoms with Gasteiger partial charge in [-0.15, -0.1) is 0 Å². The van der Waals surface area contributed by atoms with Crippen molar-refractivity contribution in [3.05, 3.63) is 71.2 Å². The molecule has 2 aromatic heterocycles. The summed E-state index contributed by atoms with van der Waals surface area (Å²) in [5, 5.41) is 0. The molecule has 0 atom stereocenters. The Labute approximate surface area is 226 Å². The standard InChI is InChI=1S/C28H27F4N5O3/c1-27(2,3)40-26(39)37-10-8-36(9-11-37)17-13-20(29)23-21(14-17)34-25(35-23)22-12-16(15-33-22)24(38)18-6-4-5-7-19(18)28(30,31)32/h4-7,12-15,33H,8-11H2,1-3H3,(H,34,35). The average Bonchev–Trinajstić information content (AvgIpc) is 3.55. The van der Waals surface area contributed by atoms with Crippen LogP contribution in [-0.2, 0) is 10.9 Å². The van der Waals surface area contributed by atoms with Gasteiger partial charge in [-0.3, -0.25) is 4.79 Å². The second-order valence-electron chi connectivity index (χ2n) is 10.5. The van der Waals surface area contributed by atoms with E-state index in [1.807, 2.05) is 4.90 Å². The Morgan fingerprint density at radius 1 is 1.00 bits per heavy atom. The molecule has 1 fully saturated rings. The minimum atomic E-state index is -4.68. The van der Waals surface area contributed by atoms with Gasteiger partial charge in [0.15, 0.2) is 17.4 Å². The highest BCUT2D eigenvalue weighted by molar-refractivity contribution is 6.10. The highest BCUT2D eigenvalue weighted by atomic mass is 19.4. The lowest BCUT2D eigenvalue weighted by Crippen LogP contribution is -2.50. The van der Waals surface area contributed by atoms with Gasteiger partial charge >= 0.3 is 12.3 Å². The van der Waals surface area contributed by atoms with Crippen molar-refractivity contribution >= 4 is 28.6 Å². The third-order valence-electron chi connectivity index (χ3n) is 6.50. The van der Waals surface area contributed by atoms with Crippen molar-refractivity contribution in [2.24, 2.45) is 0 Å². The van der Waals surface area contributed by atoms with E-state index in [-0.39, 0.29) is 16.9 Å². The molecule has 0 spiro atoms. The highest BCUT2D eigenvalue weighted by Crippen LogP contribution is 2.33. The number of benzene rings is 2. The molecule has 0 unspecified atom stereocenters. The second kappa shape index (κ2) is 10.00. The van der Waals surface area contributed by atoms with E-state index in [0.717, 1.165) is 12.1 Å². The fraction of sp³-hybridized carbons (Fsp3) is 0.321. The molecule has 0 radical (unpaired) electrons. The zero-order valence-electron chi connectivity index (χ0n) is 22.0. The van der Waals surface area contributed by atoms with Crippen LogP contribution >= 0.6 is 0 Å². The number of fused-ring (bicyclic) bond motifs is 1. The van der Waals surface area contributed by atoms with E-state index in [1.54, 1.807) is 31.7 Å². The Morgan fingerprint density at radius 2 is 1.70 bits per heavy atom. The summed E-state index contributed by atoms with van der Waals surface area (Å²) in [5.41, 5.74) is -0.662. The zero-order chi connectivity index (χ0) is 28.8. The summed E-state index contributed by atoms with van der Waals surface area (Å²) in [7, 11) is 0. The summed E-state index contributed by atoms with van der Waals surface area (Å²) >= 11 is 0. The van der Waals surface area contributed by atoms with Crippen molar-refractivity contribution in [2.75, 3.05) is 31.1 Å². The van der Waals surface area contributed by atoms with E-state index in [4.69, 9.17) is 4.74 Å². The van der Waals surface area contributed by atoms with Gasteiger partial charge < -0.3 is 24.5 Å². The van der Waals surface area contributed by atoms with Crippen molar-refractivity contribution in [1.82, 2.24) is 19.9 Å². The van der Waals surface area contributed by atoms with Crippen molar-refractivity contribution < 1.29 is 31.9 Å². The number of carbonyl (C=O) groups is 2. The predicted molar refractivity (Wildman–Crippen MR) is 141 cm³/mol. The van der Waals surface area contributed by atoms with Crippen LogP contribution in [-0.4, -0.2) is 63.5 Å². The minimum Gasteiger partial charge on any atom is -0.444 e. The number of nitrogens with zero attached hydrogens (tertiary/aromatic N) is 3. The predicted octanol–water partition coefficient (Wildman–Crippen LogP) is 6.00. The quantitative estimate of drug-likeness (QED) is 0.237. The fourth-order valence-corrected chi connectivity index (χ4v) is 4.59. The van der Waals surface area contributed by atoms with Gasteiger partial charge in [-0.2, -0.15) is 13.2 Å². The van der Waals surface area contributed by atoms with Gasteiger partial charge in [0.25, 0.3) is 0 Å². The molecule has 4 aromatic rings. The number of ketones is 1. The normalized spacial score (nSPS) is 14.6. The number of aromatic nitrogens is 3.